The summed E-state index contributed by atoms with van der Waals surface area (Å²) >= 11 is 0. The lowest BCUT2D eigenvalue weighted by Crippen LogP contribution is -2.51. The van der Waals surface area contributed by atoms with E-state index < -0.39 is 18.4 Å². The Hall–Kier alpha value is -0.550. The Bertz CT molecular complexity index is 211. The number of nitrogens with zero attached hydrogens (tertiary/aromatic N) is 1. The minimum absolute atomic E-state index is 0.0867. The Morgan fingerprint density at radius 3 is 2.86 bits per heavy atom. The van der Waals surface area contributed by atoms with Gasteiger partial charge in [0.25, 0.3) is 5.92 Å². The van der Waals surface area contributed by atoms with Crippen molar-refractivity contribution in [3.05, 3.63) is 0 Å². The van der Waals surface area contributed by atoms with E-state index in [9.17, 15) is 13.6 Å². The number of piperidine rings is 1. The van der Waals surface area contributed by atoms with E-state index in [0.29, 0.717) is 0 Å². The molecule has 1 saturated heterocycles. The standard InChI is InChI=1S/C9H15F2NO2/c1-7(5-13)12-3-2-9(10,11)8(4-12)6-14/h5,7-8,14H,2-4,6H2,1H3. The Kier molecular flexibility index (Phi) is 3.55. The molecule has 2 unspecified atom stereocenters. The first-order valence-electron chi connectivity index (χ1n) is 4.69. The zero-order valence-corrected chi connectivity index (χ0v) is 8.12. The number of aldehydes is 1. The molecule has 1 aliphatic heterocycles. The average Bonchev–Trinajstić information content (AvgIpc) is 2.16. The maximum absolute atomic E-state index is 13.1. The fourth-order valence-electron chi connectivity index (χ4n) is 1.65. The molecule has 0 aromatic carbocycles. The van der Waals surface area contributed by atoms with E-state index in [-0.39, 0.29) is 25.6 Å². The number of hydrogen-bond acceptors (Lipinski definition) is 3. The third-order valence-electron chi connectivity index (χ3n) is 2.78. The second kappa shape index (κ2) is 4.31. The number of aliphatic hydroxyl groups is 1. The minimum Gasteiger partial charge on any atom is -0.396 e. The van der Waals surface area contributed by atoms with E-state index in [1.807, 2.05) is 0 Å². The first-order chi connectivity index (χ1) is 6.51. The van der Waals surface area contributed by atoms with Crippen molar-refractivity contribution in [2.75, 3.05) is 19.7 Å². The Labute approximate surface area is 81.7 Å². The van der Waals surface area contributed by atoms with Crippen LogP contribution in [-0.2, 0) is 4.79 Å². The first kappa shape index (κ1) is 11.5. The molecule has 1 aliphatic rings. The molecule has 0 aromatic heterocycles. The highest BCUT2D eigenvalue weighted by atomic mass is 19.3. The molecule has 0 aliphatic carbocycles. The monoisotopic (exact) mass is 207 g/mol. The fourth-order valence-corrected chi connectivity index (χ4v) is 1.65. The topological polar surface area (TPSA) is 40.5 Å². The van der Waals surface area contributed by atoms with Crippen LogP contribution in [0.15, 0.2) is 0 Å². The summed E-state index contributed by atoms with van der Waals surface area (Å²) in [5.74, 6) is -3.84. The largest absolute Gasteiger partial charge is 0.396 e. The van der Waals surface area contributed by atoms with E-state index in [0.717, 1.165) is 6.29 Å². The number of aliphatic hydroxyl groups excluding tert-OH is 1. The molecule has 0 radical (unpaired) electrons. The highest BCUT2D eigenvalue weighted by Crippen LogP contribution is 2.33. The van der Waals surface area contributed by atoms with Crippen LogP contribution in [0.3, 0.4) is 0 Å². The van der Waals surface area contributed by atoms with Crippen LogP contribution in [0.4, 0.5) is 8.78 Å². The molecule has 1 heterocycles. The summed E-state index contributed by atoms with van der Waals surface area (Å²) in [7, 11) is 0. The van der Waals surface area contributed by atoms with Crippen molar-refractivity contribution in [1.29, 1.82) is 0 Å². The molecule has 5 heteroatoms. The molecule has 82 valence electrons. The molecule has 1 rings (SSSR count). The van der Waals surface area contributed by atoms with Gasteiger partial charge in [-0.15, -0.1) is 0 Å². The van der Waals surface area contributed by atoms with Gasteiger partial charge in [0.15, 0.2) is 0 Å². The summed E-state index contributed by atoms with van der Waals surface area (Å²) in [6.07, 6.45) is 0.453. The molecule has 2 atom stereocenters. The van der Waals surface area contributed by atoms with Crippen molar-refractivity contribution in [1.82, 2.24) is 4.90 Å². The Morgan fingerprint density at radius 1 is 1.71 bits per heavy atom. The van der Waals surface area contributed by atoms with Crippen molar-refractivity contribution in [3.8, 4) is 0 Å². The Morgan fingerprint density at radius 2 is 2.36 bits per heavy atom. The van der Waals surface area contributed by atoms with Crippen LogP contribution in [0.5, 0.6) is 0 Å². The highest BCUT2D eigenvalue weighted by molar-refractivity contribution is 5.56. The second-order valence-corrected chi connectivity index (χ2v) is 3.76. The van der Waals surface area contributed by atoms with Gasteiger partial charge in [0, 0.05) is 19.5 Å². The highest BCUT2D eigenvalue weighted by Gasteiger charge is 2.44. The lowest BCUT2D eigenvalue weighted by atomic mass is 9.93. The number of halogens is 2. The van der Waals surface area contributed by atoms with Crippen molar-refractivity contribution in [3.63, 3.8) is 0 Å². The van der Waals surface area contributed by atoms with Gasteiger partial charge in [-0.25, -0.2) is 8.78 Å². The molecule has 0 amide bonds. The Balaban J connectivity index is 2.61. The number of likely N-dealkylation sites (tertiary alicyclic amines) is 1. The maximum atomic E-state index is 13.1. The smallest absolute Gasteiger partial charge is 0.255 e. The molecule has 0 saturated carbocycles. The average molecular weight is 207 g/mol. The van der Waals surface area contributed by atoms with Gasteiger partial charge in [-0.05, 0) is 6.92 Å². The third kappa shape index (κ3) is 2.27. The van der Waals surface area contributed by atoms with Crippen LogP contribution < -0.4 is 0 Å². The molecule has 0 bridgehead atoms. The van der Waals surface area contributed by atoms with Gasteiger partial charge >= 0.3 is 0 Å². The predicted molar refractivity (Wildman–Crippen MR) is 47.2 cm³/mol. The van der Waals surface area contributed by atoms with Crippen LogP contribution in [0.25, 0.3) is 0 Å². The molecule has 3 nitrogen and oxygen atoms in total. The van der Waals surface area contributed by atoms with Crippen molar-refractivity contribution in [2.45, 2.75) is 25.3 Å². The number of rotatable bonds is 3. The van der Waals surface area contributed by atoms with Crippen LogP contribution in [0.1, 0.15) is 13.3 Å². The predicted octanol–water partition coefficient (Wildman–Crippen LogP) is 0.523. The van der Waals surface area contributed by atoms with E-state index in [1.165, 1.54) is 0 Å². The van der Waals surface area contributed by atoms with E-state index >= 15 is 0 Å². The molecular weight excluding hydrogens is 192 g/mol. The summed E-state index contributed by atoms with van der Waals surface area (Å²) in [6, 6.07) is -0.347. The summed E-state index contributed by atoms with van der Waals surface area (Å²) in [5, 5.41) is 8.80. The van der Waals surface area contributed by atoms with Gasteiger partial charge in [0.1, 0.15) is 6.29 Å². The van der Waals surface area contributed by atoms with Gasteiger partial charge in [-0.3, -0.25) is 4.90 Å². The zero-order valence-electron chi connectivity index (χ0n) is 8.12. The molecule has 14 heavy (non-hydrogen) atoms. The van der Waals surface area contributed by atoms with Gasteiger partial charge in [-0.2, -0.15) is 0 Å². The third-order valence-corrected chi connectivity index (χ3v) is 2.78. The zero-order chi connectivity index (χ0) is 10.8. The van der Waals surface area contributed by atoms with Gasteiger partial charge in [0.05, 0.1) is 18.6 Å². The number of carbonyl (C=O) groups excluding carboxylic acids is 1. The molecule has 0 aromatic rings. The SMILES string of the molecule is CC(C=O)N1CCC(F)(F)C(CO)C1. The summed E-state index contributed by atoms with van der Waals surface area (Å²) in [4.78, 5) is 12.1. The van der Waals surface area contributed by atoms with E-state index in [1.54, 1.807) is 11.8 Å². The summed E-state index contributed by atoms with van der Waals surface area (Å²) in [6.45, 7) is 1.44. The van der Waals surface area contributed by atoms with Gasteiger partial charge in [-0.1, -0.05) is 0 Å². The summed E-state index contributed by atoms with van der Waals surface area (Å²) < 4.78 is 26.3. The quantitative estimate of drug-likeness (QED) is 0.686. The first-order valence-corrected chi connectivity index (χ1v) is 4.69. The summed E-state index contributed by atoms with van der Waals surface area (Å²) in [5.41, 5.74) is 0. The number of alkyl halides is 2. The van der Waals surface area contributed by atoms with Crippen molar-refractivity contribution in [2.24, 2.45) is 5.92 Å². The number of hydrogen-bond donors (Lipinski definition) is 1. The maximum Gasteiger partial charge on any atom is 0.255 e. The lowest BCUT2D eigenvalue weighted by Gasteiger charge is -2.38. The molecular formula is C9H15F2NO2. The van der Waals surface area contributed by atoms with Crippen LogP contribution in [0.2, 0.25) is 0 Å². The number of carbonyl (C=O) groups is 1. The van der Waals surface area contributed by atoms with Gasteiger partial charge in [0.2, 0.25) is 0 Å². The van der Waals surface area contributed by atoms with Crippen LogP contribution >= 0.6 is 0 Å². The van der Waals surface area contributed by atoms with Gasteiger partial charge < -0.3 is 9.90 Å². The van der Waals surface area contributed by atoms with Crippen molar-refractivity contribution >= 4 is 6.29 Å². The molecule has 1 fully saturated rings. The normalized spacial score (nSPS) is 29.9. The molecule has 0 spiro atoms. The van der Waals surface area contributed by atoms with Crippen LogP contribution in [0, 0.1) is 5.92 Å². The van der Waals surface area contributed by atoms with Crippen molar-refractivity contribution < 1.29 is 18.7 Å². The second-order valence-electron chi connectivity index (χ2n) is 3.76. The fraction of sp³-hybridized carbons (Fsp3) is 0.889. The van der Waals surface area contributed by atoms with E-state index in [4.69, 9.17) is 5.11 Å². The minimum atomic E-state index is -2.80. The molecule has 1 N–H and O–H groups in total. The lowest BCUT2D eigenvalue weighted by molar-refractivity contribution is -0.132. The van der Waals surface area contributed by atoms with E-state index in [2.05, 4.69) is 0 Å². The van der Waals surface area contributed by atoms with Crippen LogP contribution in [-0.4, -0.2) is 48.0 Å².